The lowest BCUT2D eigenvalue weighted by atomic mass is 10.2. The summed E-state index contributed by atoms with van der Waals surface area (Å²) in [6.45, 7) is 0.991. The first-order chi connectivity index (χ1) is 4.58. The van der Waals surface area contributed by atoms with E-state index in [2.05, 4.69) is 0 Å². The van der Waals surface area contributed by atoms with E-state index in [0.29, 0.717) is 13.2 Å². The van der Waals surface area contributed by atoms with Gasteiger partial charge in [0.05, 0.1) is 19.0 Å². The first-order valence-corrected chi connectivity index (χ1v) is 4.40. The highest BCUT2D eigenvalue weighted by molar-refractivity contribution is 7.85. The molecule has 0 aromatic carbocycles. The summed E-state index contributed by atoms with van der Waals surface area (Å²) in [6, 6.07) is 0. The van der Waals surface area contributed by atoms with E-state index in [4.69, 9.17) is 9.29 Å². The predicted octanol–water partition coefficient (Wildman–Crippen LogP) is -0.169. The monoisotopic (exact) mass is 164 g/mol. The molecule has 1 rings (SSSR count). The van der Waals surface area contributed by atoms with Crippen LogP contribution in [0.3, 0.4) is 0 Å². The molecule has 4 nitrogen and oxygen atoms in total. The van der Waals surface area contributed by atoms with Crippen LogP contribution >= 0.6 is 0 Å². The maximum Gasteiger partial charge on any atom is 0.268 e. The summed E-state index contributed by atoms with van der Waals surface area (Å²) in [4.78, 5) is 0. The average Bonchev–Trinajstić information content (AvgIpc) is 1.56. The average molecular weight is 164 g/mol. The minimum absolute atomic E-state index is 0.300. The molecule has 0 radical (unpaired) electrons. The maximum atomic E-state index is 10.1. The molecule has 0 aromatic rings. The SMILES string of the molecule is O=S(=O)(O)CC=C1COC1. The molecule has 1 aliphatic heterocycles. The van der Waals surface area contributed by atoms with Crippen LogP contribution in [0, 0.1) is 0 Å². The van der Waals surface area contributed by atoms with E-state index in [1.165, 1.54) is 6.08 Å². The molecule has 5 heteroatoms. The fraction of sp³-hybridized carbons (Fsp3) is 0.600. The van der Waals surface area contributed by atoms with Gasteiger partial charge < -0.3 is 4.74 Å². The summed E-state index contributed by atoms with van der Waals surface area (Å²) in [5, 5.41) is 0. The Balaban J connectivity index is 2.41. The predicted molar refractivity (Wildman–Crippen MR) is 35.3 cm³/mol. The summed E-state index contributed by atoms with van der Waals surface area (Å²) in [7, 11) is -3.83. The van der Waals surface area contributed by atoms with Gasteiger partial charge in [-0.05, 0) is 5.57 Å². The van der Waals surface area contributed by atoms with Crippen LogP contribution in [-0.2, 0) is 14.9 Å². The molecule has 1 fully saturated rings. The van der Waals surface area contributed by atoms with E-state index in [0.717, 1.165) is 5.57 Å². The minimum atomic E-state index is -3.83. The Hall–Kier alpha value is -0.390. The molecular weight excluding hydrogens is 156 g/mol. The van der Waals surface area contributed by atoms with E-state index in [1.54, 1.807) is 0 Å². The highest BCUT2D eigenvalue weighted by Gasteiger charge is 2.09. The highest BCUT2D eigenvalue weighted by atomic mass is 32.2. The Bertz CT molecular complexity index is 232. The molecule has 0 amide bonds. The summed E-state index contributed by atoms with van der Waals surface area (Å²) in [6.07, 6.45) is 1.47. The molecule has 58 valence electrons. The topological polar surface area (TPSA) is 63.6 Å². The number of hydrogen-bond acceptors (Lipinski definition) is 3. The Morgan fingerprint density at radius 2 is 2.20 bits per heavy atom. The van der Waals surface area contributed by atoms with Gasteiger partial charge in [0.2, 0.25) is 0 Å². The molecule has 10 heavy (non-hydrogen) atoms. The Morgan fingerprint density at radius 1 is 1.60 bits per heavy atom. The van der Waals surface area contributed by atoms with Crippen molar-refractivity contribution in [1.29, 1.82) is 0 Å². The van der Waals surface area contributed by atoms with Gasteiger partial charge in [-0.25, -0.2) is 0 Å². The molecule has 0 atom stereocenters. The number of rotatable bonds is 2. The zero-order chi connectivity index (χ0) is 7.61. The van der Waals surface area contributed by atoms with Gasteiger partial charge in [-0.1, -0.05) is 6.08 Å². The van der Waals surface area contributed by atoms with Gasteiger partial charge >= 0.3 is 0 Å². The van der Waals surface area contributed by atoms with E-state index < -0.39 is 10.1 Å². The molecule has 0 spiro atoms. The van der Waals surface area contributed by atoms with Crippen LogP contribution in [0.4, 0.5) is 0 Å². The van der Waals surface area contributed by atoms with Gasteiger partial charge in [-0.15, -0.1) is 0 Å². The van der Waals surface area contributed by atoms with Crippen LogP contribution in [0.2, 0.25) is 0 Å². The lowest BCUT2D eigenvalue weighted by Gasteiger charge is -2.16. The van der Waals surface area contributed by atoms with Gasteiger partial charge in [0.25, 0.3) is 10.1 Å². The first-order valence-electron chi connectivity index (χ1n) is 2.79. The third kappa shape index (κ3) is 2.47. The van der Waals surface area contributed by atoms with E-state index in [1.807, 2.05) is 0 Å². The van der Waals surface area contributed by atoms with Gasteiger partial charge in [-0.3, -0.25) is 4.55 Å². The van der Waals surface area contributed by atoms with Gasteiger partial charge in [0, 0.05) is 0 Å². The van der Waals surface area contributed by atoms with Gasteiger partial charge in [0.1, 0.15) is 0 Å². The molecule has 1 aliphatic rings. The lowest BCUT2D eigenvalue weighted by Crippen LogP contribution is -2.17. The second-order valence-corrected chi connectivity index (χ2v) is 3.60. The van der Waals surface area contributed by atoms with Crippen molar-refractivity contribution in [2.45, 2.75) is 0 Å². The lowest BCUT2D eigenvalue weighted by molar-refractivity contribution is 0.103. The Kier molecular flexibility index (Phi) is 2.08. The van der Waals surface area contributed by atoms with Crippen molar-refractivity contribution in [3.05, 3.63) is 11.6 Å². The molecule has 1 heterocycles. The molecule has 0 bridgehead atoms. The van der Waals surface area contributed by atoms with Crippen LogP contribution in [0.5, 0.6) is 0 Å². The second-order valence-electron chi connectivity index (χ2n) is 2.10. The zero-order valence-corrected chi connectivity index (χ0v) is 6.10. The molecule has 0 aromatic heterocycles. The summed E-state index contributed by atoms with van der Waals surface area (Å²) >= 11 is 0. The molecule has 0 saturated carbocycles. The summed E-state index contributed by atoms with van der Waals surface area (Å²) in [5.74, 6) is -0.300. The van der Waals surface area contributed by atoms with Crippen molar-refractivity contribution < 1.29 is 17.7 Å². The van der Waals surface area contributed by atoms with Crippen LogP contribution < -0.4 is 0 Å². The standard InChI is InChI=1S/C5H8O4S/c6-10(7,8)2-1-5-3-9-4-5/h1H,2-4H2,(H,6,7,8). The fourth-order valence-corrected chi connectivity index (χ4v) is 1.01. The number of hydrogen-bond donors (Lipinski definition) is 1. The Morgan fingerprint density at radius 3 is 2.50 bits per heavy atom. The quantitative estimate of drug-likeness (QED) is 0.454. The molecule has 0 aliphatic carbocycles. The summed E-state index contributed by atoms with van der Waals surface area (Å²) in [5.41, 5.74) is 0.928. The van der Waals surface area contributed by atoms with Crippen molar-refractivity contribution in [2.24, 2.45) is 0 Å². The van der Waals surface area contributed by atoms with Crippen molar-refractivity contribution in [2.75, 3.05) is 19.0 Å². The molecule has 1 N–H and O–H groups in total. The maximum absolute atomic E-state index is 10.1. The smallest absolute Gasteiger partial charge is 0.268 e. The van der Waals surface area contributed by atoms with Crippen LogP contribution in [0.15, 0.2) is 11.6 Å². The van der Waals surface area contributed by atoms with Crippen LogP contribution in [-0.4, -0.2) is 31.9 Å². The van der Waals surface area contributed by atoms with Crippen molar-refractivity contribution >= 4 is 10.1 Å². The van der Waals surface area contributed by atoms with Gasteiger partial charge in [-0.2, -0.15) is 8.42 Å². The van der Waals surface area contributed by atoms with Crippen LogP contribution in [0.25, 0.3) is 0 Å². The Labute approximate surface area is 59.2 Å². The van der Waals surface area contributed by atoms with Crippen molar-refractivity contribution in [3.8, 4) is 0 Å². The van der Waals surface area contributed by atoms with Crippen molar-refractivity contribution in [3.63, 3.8) is 0 Å². The third-order valence-corrected chi connectivity index (χ3v) is 1.75. The molecule has 0 unspecified atom stereocenters. The van der Waals surface area contributed by atoms with E-state index >= 15 is 0 Å². The van der Waals surface area contributed by atoms with E-state index in [9.17, 15) is 8.42 Å². The fourth-order valence-electron chi connectivity index (χ4n) is 0.561. The first kappa shape index (κ1) is 7.71. The van der Waals surface area contributed by atoms with Crippen molar-refractivity contribution in [1.82, 2.24) is 0 Å². The third-order valence-electron chi connectivity index (χ3n) is 1.16. The number of ether oxygens (including phenoxy) is 1. The normalized spacial score (nSPS) is 18.3. The largest absolute Gasteiger partial charge is 0.373 e. The second kappa shape index (κ2) is 2.69. The minimum Gasteiger partial charge on any atom is -0.373 e. The van der Waals surface area contributed by atoms with Gasteiger partial charge in [0.15, 0.2) is 0 Å². The molecular formula is C5H8O4S. The molecule has 1 saturated heterocycles. The van der Waals surface area contributed by atoms with Crippen LogP contribution in [0.1, 0.15) is 0 Å². The summed E-state index contributed by atoms with van der Waals surface area (Å²) < 4.78 is 33.3. The van der Waals surface area contributed by atoms with E-state index in [-0.39, 0.29) is 5.75 Å². The zero-order valence-electron chi connectivity index (χ0n) is 5.28. The highest BCUT2D eigenvalue weighted by Crippen LogP contribution is 2.07.